The lowest BCUT2D eigenvalue weighted by atomic mass is 10.1. The highest BCUT2D eigenvalue weighted by atomic mass is 32.2. The van der Waals surface area contributed by atoms with Crippen LogP contribution >= 0.6 is 11.8 Å². The van der Waals surface area contributed by atoms with E-state index in [9.17, 15) is 9.18 Å². The number of rotatable bonds is 9. The highest BCUT2D eigenvalue weighted by Crippen LogP contribution is 2.41. The molecule has 0 aliphatic heterocycles. The van der Waals surface area contributed by atoms with E-state index in [1.54, 1.807) is 33.5 Å². The smallest absolute Gasteiger partial charge is 0.234 e. The largest absolute Gasteiger partial charge is 0.493 e. The van der Waals surface area contributed by atoms with Gasteiger partial charge in [0.05, 0.1) is 27.1 Å². The Bertz CT molecular complexity index is 1030. The Kier molecular flexibility index (Phi) is 7.35. The first-order valence-electron chi connectivity index (χ1n) is 9.42. The Morgan fingerprint density at radius 2 is 1.71 bits per heavy atom. The number of ether oxygens (including phenoxy) is 3. The van der Waals surface area contributed by atoms with E-state index in [-0.39, 0.29) is 17.5 Å². The molecule has 0 spiro atoms. The third kappa shape index (κ3) is 5.08. The molecule has 1 N–H and O–H groups in total. The fraction of sp³-hybridized carbons (Fsp3) is 0.286. The molecule has 10 heteroatoms. The topological polar surface area (TPSA) is 87.5 Å². The van der Waals surface area contributed by atoms with Crippen LogP contribution in [-0.2, 0) is 11.3 Å². The van der Waals surface area contributed by atoms with Crippen LogP contribution in [0.5, 0.6) is 17.2 Å². The zero-order chi connectivity index (χ0) is 22.4. The maximum atomic E-state index is 13.0. The zero-order valence-electron chi connectivity index (χ0n) is 17.6. The number of nitrogens with one attached hydrogen (secondary N) is 1. The predicted octanol–water partition coefficient (Wildman–Crippen LogP) is 3.86. The van der Waals surface area contributed by atoms with E-state index in [4.69, 9.17) is 14.2 Å². The quantitative estimate of drug-likeness (QED) is 0.500. The Morgan fingerprint density at radius 1 is 1.06 bits per heavy atom. The molecule has 0 aliphatic carbocycles. The van der Waals surface area contributed by atoms with Gasteiger partial charge >= 0.3 is 0 Å². The molecule has 0 bridgehead atoms. The molecule has 0 aliphatic rings. The molecular weight excluding hydrogens is 423 g/mol. The molecule has 3 rings (SSSR count). The standard InChI is InChI=1S/C21H23FN4O4S/c1-5-26-20(13-10-16(28-2)19(30-4)17(11-13)29-3)24-25-21(26)31-12-18(27)23-15-8-6-14(22)7-9-15/h6-11H,5,12H2,1-4H3,(H,23,27). The summed E-state index contributed by atoms with van der Waals surface area (Å²) in [7, 11) is 4.64. The molecule has 8 nitrogen and oxygen atoms in total. The van der Waals surface area contributed by atoms with Gasteiger partial charge in [-0.25, -0.2) is 4.39 Å². The van der Waals surface area contributed by atoms with Crippen molar-refractivity contribution in [2.45, 2.75) is 18.6 Å². The van der Waals surface area contributed by atoms with Gasteiger partial charge in [-0.3, -0.25) is 4.79 Å². The van der Waals surface area contributed by atoms with Crippen molar-refractivity contribution in [3.05, 3.63) is 42.2 Å². The molecule has 1 aromatic heterocycles. The number of amides is 1. The number of carbonyl (C=O) groups is 1. The third-order valence-corrected chi connectivity index (χ3v) is 5.38. The van der Waals surface area contributed by atoms with Gasteiger partial charge in [-0.1, -0.05) is 11.8 Å². The second kappa shape index (κ2) is 10.2. The van der Waals surface area contributed by atoms with Crippen LogP contribution in [-0.4, -0.2) is 47.8 Å². The monoisotopic (exact) mass is 446 g/mol. The number of thioether (sulfide) groups is 1. The van der Waals surface area contributed by atoms with Crippen molar-refractivity contribution in [1.82, 2.24) is 14.8 Å². The van der Waals surface area contributed by atoms with Gasteiger partial charge in [0.15, 0.2) is 22.5 Å². The lowest BCUT2D eigenvalue weighted by Crippen LogP contribution is -2.14. The maximum Gasteiger partial charge on any atom is 0.234 e. The maximum absolute atomic E-state index is 13.0. The van der Waals surface area contributed by atoms with Crippen molar-refractivity contribution in [3.63, 3.8) is 0 Å². The number of benzene rings is 2. The van der Waals surface area contributed by atoms with Crippen LogP contribution < -0.4 is 19.5 Å². The number of anilines is 1. The van der Waals surface area contributed by atoms with Crippen molar-refractivity contribution in [1.29, 1.82) is 0 Å². The third-order valence-electron chi connectivity index (χ3n) is 4.42. The van der Waals surface area contributed by atoms with E-state index in [0.29, 0.717) is 40.5 Å². The van der Waals surface area contributed by atoms with Crippen LogP contribution in [0.4, 0.5) is 10.1 Å². The van der Waals surface area contributed by atoms with E-state index >= 15 is 0 Å². The van der Waals surface area contributed by atoms with Crippen LogP contribution in [0.2, 0.25) is 0 Å². The van der Waals surface area contributed by atoms with Crippen molar-refractivity contribution >= 4 is 23.4 Å². The Labute approximate surface area is 183 Å². The van der Waals surface area contributed by atoms with Crippen LogP contribution in [0.3, 0.4) is 0 Å². The summed E-state index contributed by atoms with van der Waals surface area (Å²) >= 11 is 1.26. The number of hydrogen-bond acceptors (Lipinski definition) is 7. The summed E-state index contributed by atoms with van der Waals surface area (Å²) in [6.45, 7) is 2.56. The minimum Gasteiger partial charge on any atom is -0.493 e. The number of nitrogens with zero attached hydrogens (tertiary/aromatic N) is 3. The molecule has 0 fully saturated rings. The minimum absolute atomic E-state index is 0.130. The second-order valence-electron chi connectivity index (χ2n) is 6.31. The second-order valence-corrected chi connectivity index (χ2v) is 7.25. The summed E-state index contributed by atoms with van der Waals surface area (Å²) in [4.78, 5) is 12.3. The summed E-state index contributed by atoms with van der Waals surface area (Å²) in [5, 5.41) is 11.9. The fourth-order valence-electron chi connectivity index (χ4n) is 2.96. The summed E-state index contributed by atoms with van der Waals surface area (Å²) < 4.78 is 31.1. The van der Waals surface area contributed by atoms with Crippen molar-refractivity contribution < 1.29 is 23.4 Å². The van der Waals surface area contributed by atoms with Gasteiger partial charge in [0.25, 0.3) is 0 Å². The van der Waals surface area contributed by atoms with E-state index in [0.717, 1.165) is 5.56 Å². The average molecular weight is 447 g/mol. The zero-order valence-corrected chi connectivity index (χ0v) is 18.5. The molecule has 3 aromatic rings. The van der Waals surface area contributed by atoms with Gasteiger partial charge in [0.2, 0.25) is 11.7 Å². The average Bonchev–Trinajstić information content (AvgIpc) is 3.21. The summed E-state index contributed by atoms with van der Waals surface area (Å²) in [6.07, 6.45) is 0. The molecule has 164 valence electrons. The highest BCUT2D eigenvalue weighted by molar-refractivity contribution is 7.99. The molecule has 31 heavy (non-hydrogen) atoms. The molecule has 1 heterocycles. The predicted molar refractivity (Wildman–Crippen MR) is 117 cm³/mol. The summed E-state index contributed by atoms with van der Waals surface area (Å²) in [5.41, 5.74) is 1.27. The molecule has 0 saturated heterocycles. The number of halogens is 1. The minimum atomic E-state index is -0.359. The highest BCUT2D eigenvalue weighted by Gasteiger charge is 2.19. The molecule has 1 amide bonds. The molecule has 0 saturated carbocycles. The normalized spacial score (nSPS) is 10.6. The number of aromatic nitrogens is 3. The van der Waals surface area contributed by atoms with Gasteiger partial charge in [-0.05, 0) is 43.3 Å². The first-order chi connectivity index (χ1) is 15.0. The number of hydrogen-bond donors (Lipinski definition) is 1. The van der Waals surface area contributed by atoms with Gasteiger partial charge in [0.1, 0.15) is 5.82 Å². The van der Waals surface area contributed by atoms with Crippen molar-refractivity contribution in [3.8, 4) is 28.6 Å². The van der Waals surface area contributed by atoms with Gasteiger partial charge in [-0.15, -0.1) is 10.2 Å². The molecule has 2 aromatic carbocycles. The van der Waals surface area contributed by atoms with E-state index < -0.39 is 0 Å². The number of carbonyl (C=O) groups excluding carboxylic acids is 1. The fourth-order valence-corrected chi connectivity index (χ4v) is 3.77. The van der Waals surface area contributed by atoms with Crippen molar-refractivity contribution in [2.75, 3.05) is 32.4 Å². The van der Waals surface area contributed by atoms with E-state index in [1.807, 2.05) is 11.5 Å². The molecule has 0 atom stereocenters. The summed E-state index contributed by atoms with van der Waals surface area (Å²) in [6, 6.07) is 9.20. The first-order valence-corrected chi connectivity index (χ1v) is 10.4. The Hall–Kier alpha value is -3.27. The Morgan fingerprint density at radius 3 is 2.26 bits per heavy atom. The van der Waals surface area contributed by atoms with Crippen LogP contribution in [0.25, 0.3) is 11.4 Å². The number of methoxy groups -OCH3 is 3. The van der Waals surface area contributed by atoms with Crippen LogP contribution in [0.1, 0.15) is 6.92 Å². The lowest BCUT2D eigenvalue weighted by Gasteiger charge is -2.14. The van der Waals surface area contributed by atoms with Crippen molar-refractivity contribution in [2.24, 2.45) is 0 Å². The molecular formula is C21H23FN4O4S. The van der Waals surface area contributed by atoms with Gasteiger partial charge in [0, 0.05) is 17.8 Å². The van der Waals surface area contributed by atoms with E-state index in [1.165, 1.54) is 36.0 Å². The lowest BCUT2D eigenvalue weighted by molar-refractivity contribution is -0.113. The molecule has 0 radical (unpaired) electrons. The first kappa shape index (κ1) is 22.4. The van der Waals surface area contributed by atoms with E-state index in [2.05, 4.69) is 15.5 Å². The Balaban J connectivity index is 1.79. The van der Waals surface area contributed by atoms with Gasteiger partial charge < -0.3 is 24.1 Å². The van der Waals surface area contributed by atoms with Gasteiger partial charge in [-0.2, -0.15) is 0 Å². The summed E-state index contributed by atoms with van der Waals surface area (Å²) in [5.74, 6) is 1.67. The molecule has 0 unspecified atom stereocenters. The van der Waals surface area contributed by atoms with Crippen LogP contribution in [0.15, 0.2) is 41.6 Å². The van der Waals surface area contributed by atoms with Crippen LogP contribution in [0, 0.1) is 5.82 Å². The SMILES string of the molecule is CCn1c(SCC(=O)Nc2ccc(F)cc2)nnc1-c1cc(OC)c(OC)c(OC)c1.